The van der Waals surface area contributed by atoms with E-state index in [2.05, 4.69) is 5.32 Å². The SMILES string of the molecule is Cc1ccccc1NC(=O)C(C)OC(=O)c1cccc(N(C)C)c1. The lowest BCUT2D eigenvalue weighted by Crippen LogP contribution is -2.30. The molecule has 0 spiro atoms. The average molecular weight is 326 g/mol. The third-order valence-electron chi connectivity index (χ3n) is 3.65. The standard InChI is InChI=1S/C19H22N2O3/c1-13-8-5-6-11-17(13)20-18(22)14(2)24-19(23)15-9-7-10-16(12-15)21(3)4/h5-12,14H,1-4H3,(H,20,22). The highest BCUT2D eigenvalue weighted by molar-refractivity contribution is 5.98. The van der Waals surface area contributed by atoms with Gasteiger partial charge >= 0.3 is 5.97 Å². The van der Waals surface area contributed by atoms with Crippen molar-refractivity contribution in [2.75, 3.05) is 24.3 Å². The third-order valence-corrected chi connectivity index (χ3v) is 3.65. The van der Waals surface area contributed by atoms with E-state index in [1.165, 1.54) is 0 Å². The zero-order valence-electron chi connectivity index (χ0n) is 14.4. The summed E-state index contributed by atoms with van der Waals surface area (Å²) in [5, 5.41) is 2.77. The number of anilines is 2. The fraction of sp³-hybridized carbons (Fsp3) is 0.263. The van der Waals surface area contributed by atoms with Crippen molar-refractivity contribution in [3.63, 3.8) is 0 Å². The number of aryl methyl sites for hydroxylation is 1. The summed E-state index contributed by atoms with van der Waals surface area (Å²) in [5.41, 5.74) is 2.96. The molecule has 1 atom stereocenters. The molecule has 0 fully saturated rings. The molecule has 1 unspecified atom stereocenters. The molecule has 0 aliphatic rings. The molecule has 0 radical (unpaired) electrons. The molecule has 2 aromatic carbocycles. The summed E-state index contributed by atoms with van der Waals surface area (Å²) in [7, 11) is 3.78. The van der Waals surface area contributed by atoms with Crippen molar-refractivity contribution in [2.24, 2.45) is 0 Å². The molecule has 24 heavy (non-hydrogen) atoms. The first-order valence-corrected chi connectivity index (χ1v) is 7.73. The Labute approximate surface area is 142 Å². The first-order chi connectivity index (χ1) is 11.4. The molecular formula is C19H22N2O3. The molecule has 0 saturated carbocycles. The maximum Gasteiger partial charge on any atom is 0.338 e. The van der Waals surface area contributed by atoms with E-state index in [1.807, 2.05) is 56.3 Å². The summed E-state index contributed by atoms with van der Waals surface area (Å²) in [4.78, 5) is 26.3. The van der Waals surface area contributed by atoms with Crippen LogP contribution in [0.3, 0.4) is 0 Å². The summed E-state index contributed by atoms with van der Waals surface area (Å²) >= 11 is 0. The van der Waals surface area contributed by atoms with E-state index in [-0.39, 0.29) is 5.91 Å². The van der Waals surface area contributed by atoms with Crippen molar-refractivity contribution in [2.45, 2.75) is 20.0 Å². The number of ether oxygens (including phenoxy) is 1. The van der Waals surface area contributed by atoms with Crippen molar-refractivity contribution in [1.29, 1.82) is 0 Å². The lowest BCUT2D eigenvalue weighted by molar-refractivity contribution is -0.123. The van der Waals surface area contributed by atoms with Gasteiger partial charge in [-0.05, 0) is 43.7 Å². The van der Waals surface area contributed by atoms with Crippen LogP contribution in [0.15, 0.2) is 48.5 Å². The van der Waals surface area contributed by atoms with Crippen molar-refractivity contribution in [3.8, 4) is 0 Å². The van der Waals surface area contributed by atoms with E-state index >= 15 is 0 Å². The quantitative estimate of drug-likeness (QED) is 0.857. The van der Waals surface area contributed by atoms with Gasteiger partial charge in [-0.25, -0.2) is 4.79 Å². The van der Waals surface area contributed by atoms with E-state index in [1.54, 1.807) is 25.1 Å². The molecule has 5 heteroatoms. The number of carbonyl (C=O) groups excluding carboxylic acids is 2. The van der Waals surface area contributed by atoms with Gasteiger partial charge in [-0.3, -0.25) is 4.79 Å². The van der Waals surface area contributed by atoms with E-state index < -0.39 is 12.1 Å². The van der Waals surface area contributed by atoms with E-state index in [9.17, 15) is 9.59 Å². The number of nitrogens with zero attached hydrogens (tertiary/aromatic N) is 1. The van der Waals surface area contributed by atoms with Gasteiger partial charge in [0.25, 0.3) is 5.91 Å². The van der Waals surface area contributed by atoms with Gasteiger partial charge in [0.15, 0.2) is 6.10 Å². The largest absolute Gasteiger partial charge is 0.449 e. The molecule has 0 saturated heterocycles. The maximum atomic E-state index is 12.2. The Balaban J connectivity index is 2.02. The van der Waals surface area contributed by atoms with Crippen molar-refractivity contribution < 1.29 is 14.3 Å². The average Bonchev–Trinajstić information content (AvgIpc) is 2.56. The van der Waals surface area contributed by atoms with Gasteiger partial charge in [-0.1, -0.05) is 24.3 Å². The minimum atomic E-state index is -0.889. The Morgan fingerprint density at radius 1 is 1.08 bits per heavy atom. The zero-order chi connectivity index (χ0) is 17.7. The van der Waals surface area contributed by atoms with Gasteiger partial charge in [-0.15, -0.1) is 0 Å². The number of benzene rings is 2. The second-order valence-electron chi connectivity index (χ2n) is 5.80. The number of hydrogen-bond acceptors (Lipinski definition) is 4. The fourth-order valence-corrected chi connectivity index (χ4v) is 2.14. The van der Waals surface area contributed by atoms with Crippen LogP contribution in [0.2, 0.25) is 0 Å². The summed E-state index contributed by atoms with van der Waals surface area (Å²) in [6, 6.07) is 14.5. The highest BCUT2D eigenvalue weighted by Crippen LogP contribution is 2.16. The lowest BCUT2D eigenvalue weighted by atomic mass is 10.2. The second kappa shape index (κ2) is 7.64. The molecular weight excluding hydrogens is 304 g/mol. The Morgan fingerprint density at radius 3 is 2.46 bits per heavy atom. The first-order valence-electron chi connectivity index (χ1n) is 7.73. The van der Waals surface area contributed by atoms with Crippen molar-refractivity contribution >= 4 is 23.3 Å². The monoisotopic (exact) mass is 326 g/mol. The van der Waals surface area contributed by atoms with Crippen LogP contribution >= 0.6 is 0 Å². The van der Waals surface area contributed by atoms with Gasteiger partial charge in [-0.2, -0.15) is 0 Å². The number of carbonyl (C=O) groups is 2. The van der Waals surface area contributed by atoms with E-state index in [0.29, 0.717) is 11.3 Å². The van der Waals surface area contributed by atoms with Crippen LogP contribution in [0.25, 0.3) is 0 Å². The summed E-state index contributed by atoms with van der Waals surface area (Å²) in [6.07, 6.45) is -0.889. The van der Waals surface area contributed by atoms with E-state index in [0.717, 1.165) is 11.3 Å². The van der Waals surface area contributed by atoms with Gasteiger partial charge in [0.1, 0.15) is 0 Å². The Kier molecular flexibility index (Phi) is 5.58. The van der Waals surface area contributed by atoms with Crippen molar-refractivity contribution in [3.05, 3.63) is 59.7 Å². The van der Waals surface area contributed by atoms with Crippen LogP contribution in [0.1, 0.15) is 22.8 Å². The molecule has 5 nitrogen and oxygen atoms in total. The number of rotatable bonds is 5. The summed E-state index contributed by atoms with van der Waals surface area (Å²) in [6.45, 7) is 3.46. The fourth-order valence-electron chi connectivity index (χ4n) is 2.14. The number of para-hydroxylation sites is 1. The topological polar surface area (TPSA) is 58.6 Å². The first kappa shape index (κ1) is 17.5. The van der Waals surface area contributed by atoms with Gasteiger partial charge < -0.3 is 15.0 Å². The number of nitrogens with one attached hydrogen (secondary N) is 1. The molecule has 0 aliphatic heterocycles. The number of amides is 1. The molecule has 1 N–H and O–H groups in total. The van der Waals surface area contributed by atoms with Crippen molar-refractivity contribution in [1.82, 2.24) is 0 Å². The smallest absolute Gasteiger partial charge is 0.338 e. The molecule has 2 aromatic rings. The predicted molar refractivity (Wildman–Crippen MR) is 95.5 cm³/mol. The highest BCUT2D eigenvalue weighted by atomic mass is 16.5. The second-order valence-corrected chi connectivity index (χ2v) is 5.80. The summed E-state index contributed by atoms with van der Waals surface area (Å²) in [5.74, 6) is -0.882. The molecule has 0 bridgehead atoms. The van der Waals surface area contributed by atoms with E-state index in [4.69, 9.17) is 4.74 Å². The zero-order valence-corrected chi connectivity index (χ0v) is 14.4. The Bertz CT molecular complexity index is 741. The molecule has 0 heterocycles. The van der Waals surface area contributed by atoms with Crippen LogP contribution in [0.5, 0.6) is 0 Å². The molecule has 126 valence electrons. The Morgan fingerprint density at radius 2 is 1.79 bits per heavy atom. The Hall–Kier alpha value is -2.82. The molecule has 0 aromatic heterocycles. The minimum absolute atomic E-state index is 0.360. The van der Waals surface area contributed by atoms with Crippen LogP contribution in [-0.2, 0) is 9.53 Å². The van der Waals surface area contributed by atoms with Gasteiger partial charge in [0, 0.05) is 25.5 Å². The summed E-state index contributed by atoms with van der Waals surface area (Å²) < 4.78 is 5.28. The molecule has 2 rings (SSSR count). The lowest BCUT2D eigenvalue weighted by Gasteiger charge is -2.16. The normalized spacial score (nSPS) is 11.5. The van der Waals surface area contributed by atoms with Gasteiger partial charge in [0.2, 0.25) is 0 Å². The van der Waals surface area contributed by atoms with Crippen LogP contribution in [0.4, 0.5) is 11.4 Å². The molecule has 0 aliphatic carbocycles. The number of esters is 1. The molecule has 1 amide bonds. The van der Waals surface area contributed by atoms with Crippen LogP contribution < -0.4 is 10.2 Å². The predicted octanol–water partition coefficient (Wildman–Crippen LogP) is 3.25. The van der Waals surface area contributed by atoms with Crippen LogP contribution in [0, 0.1) is 6.92 Å². The van der Waals surface area contributed by atoms with Crippen LogP contribution in [-0.4, -0.2) is 32.1 Å². The third kappa shape index (κ3) is 4.35. The van der Waals surface area contributed by atoms with Gasteiger partial charge in [0.05, 0.1) is 5.56 Å². The minimum Gasteiger partial charge on any atom is -0.449 e. The number of hydrogen-bond donors (Lipinski definition) is 1. The highest BCUT2D eigenvalue weighted by Gasteiger charge is 2.19. The maximum absolute atomic E-state index is 12.2.